The Balaban J connectivity index is 2.55. The molecular weight excluding hydrogens is 256 g/mol. The molecule has 0 aromatic carbocycles. The first-order valence-electron chi connectivity index (χ1n) is 7.70. The summed E-state index contributed by atoms with van der Waals surface area (Å²) in [5, 5.41) is 3.46. The summed E-state index contributed by atoms with van der Waals surface area (Å²) in [6.45, 7) is 8.16. The molecule has 0 heterocycles. The van der Waals surface area contributed by atoms with E-state index >= 15 is 0 Å². The van der Waals surface area contributed by atoms with E-state index in [4.69, 9.17) is 9.47 Å². The largest absolute Gasteiger partial charge is 0.468 e. The van der Waals surface area contributed by atoms with Crippen molar-refractivity contribution in [3.05, 3.63) is 0 Å². The molecule has 0 spiro atoms. The van der Waals surface area contributed by atoms with Gasteiger partial charge >= 0.3 is 5.97 Å². The standard InChI is InChI=1S/C15H30N2O3/c1-5-17(6-2)12-11-16-15(14(18)20-4)9-7-13(19-3)8-10-15/h13,16H,5-12H2,1-4H3. The van der Waals surface area contributed by atoms with Crippen molar-refractivity contribution >= 4 is 5.97 Å². The normalized spacial score (nSPS) is 26.8. The number of likely N-dealkylation sites (N-methyl/N-ethyl adjacent to an activating group) is 1. The van der Waals surface area contributed by atoms with Crippen molar-refractivity contribution in [1.29, 1.82) is 0 Å². The van der Waals surface area contributed by atoms with Crippen LogP contribution in [0.15, 0.2) is 0 Å². The Bertz CT molecular complexity index is 285. The molecule has 0 aromatic rings. The third-order valence-corrected chi connectivity index (χ3v) is 4.48. The molecule has 20 heavy (non-hydrogen) atoms. The predicted octanol–water partition coefficient (Wildman–Crippen LogP) is 1.42. The highest BCUT2D eigenvalue weighted by Crippen LogP contribution is 2.30. The van der Waals surface area contributed by atoms with Crippen molar-refractivity contribution in [3.63, 3.8) is 0 Å². The lowest BCUT2D eigenvalue weighted by atomic mass is 9.80. The Morgan fingerprint density at radius 3 is 2.30 bits per heavy atom. The van der Waals surface area contributed by atoms with E-state index in [1.165, 1.54) is 7.11 Å². The number of methoxy groups -OCH3 is 2. The molecule has 1 N–H and O–H groups in total. The fraction of sp³-hybridized carbons (Fsp3) is 0.933. The third kappa shape index (κ3) is 4.43. The monoisotopic (exact) mass is 286 g/mol. The second-order valence-corrected chi connectivity index (χ2v) is 5.46. The van der Waals surface area contributed by atoms with Crippen LogP contribution >= 0.6 is 0 Å². The smallest absolute Gasteiger partial charge is 0.326 e. The number of hydrogen-bond donors (Lipinski definition) is 1. The molecule has 1 fully saturated rings. The molecule has 5 heteroatoms. The van der Waals surface area contributed by atoms with E-state index in [-0.39, 0.29) is 12.1 Å². The summed E-state index contributed by atoms with van der Waals surface area (Å²) >= 11 is 0. The lowest BCUT2D eigenvalue weighted by Crippen LogP contribution is -2.56. The van der Waals surface area contributed by atoms with E-state index < -0.39 is 5.54 Å². The second-order valence-electron chi connectivity index (χ2n) is 5.46. The van der Waals surface area contributed by atoms with E-state index in [0.717, 1.165) is 51.9 Å². The van der Waals surface area contributed by atoms with Gasteiger partial charge in [0.1, 0.15) is 5.54 Å². The van der Waals surface area contributed by atoms with Gasteiger partial charge in [0.2, 0.25) is 0 Å². The minimum atomic E-state index is -0.517. The highest BCUT2D eigenvalue weighted by atomic mass is 16.5. The van der Waals surface area contributed by atoms with E-state index in [9.17, 15) is 4.79 Å². The van der Waals surface area contributed by atoms with Crippen LogP contribution in [0.4, 0.5) is 0 Å². The Labute approximate surface area is 123 Å². The number of nitrogens with zero attached hydrogens (tertiary/aromatic N) is 1. The first-order valence-corrected chi connectivity index (χ1v) is 7.70. The fourth-order valence-corrected chi connectivity index (χ4v) is 2.96. The Morgan fingerprint density at radius 2 is 1.85 bits per heavy atom. The number of hydrogen-bond acceptors (Lipinski definition) is 5. The molecule has 118 valence electrons. The SMILES string of the molecule is CCN(CC)CCNC1(C(=O)OC)CCC(OC)CC1. The van der Waals surface area contributed by atoms with E-state index in [1.54, 1.807) is 7.11 Å². The minimum Gasteiger partial charge on any atom is -0.468 e. The van der Waals surface area contributed by atoms with Gasteiger partial charge in [0, 0.05) is 20.2 Å². The lowest BCUT2D eigenvalue weighted by molar-refractivity contribution is -0.151. The molecule has 0 saturated heterocycles. The summed E-state index contributed by atoms with van der Waals surface area (Å²) < 4.78 is 10.4. The van der Waals surface area contributed by atoms with Gasteiger partial charge in [-0.15, -0.1) is 0 Å². The summed E-state index contributed by atoms with van der Waals surface area (Å²) in [4.78, 5) is 14.5. The van der Waals surface area contributed by atoms with Crippen LogP contribution in [0.2, 0.25) is 0 Å². The first-order chi connectivity index (χ1) is 9.61. The second kappa shape index (κ2) is 8.60. The summed E-state index contributed by atoms with van der Waals surface area (Å²) in [6.07, 6.45) is 3.66. The third-order valence-electron chi connectivity index (χ3n) is 4.48. The molecule has 5 nitrogen and oxygen atoms in total. The van der Waals surface area contributed by atoms with Gasteiger partial charge in [-0.3, -0.25) is 4.79 Å². The van der Waals surface area contributed by atoms with Gasteiger partial charge in [-0.1, -0.05) is 13.8 Å². The van der Waals surface area contributed by atoms with Crippen LogP contribution in [0.1, 0.15) is 39.5 Å². The van der Waals surface area contributed by atoms with E-state index in [1.807, 2.05) is 0 Å². The van der Waals surface area contributed by atoms with Crippen LogP contribution in [-0.4, -0.2) is 62.9 Å². The number of esters is 1. The van der Waals surface area contributed by atoms with Crippen LogP contribution in [0, 0.1) is 0 Å². The van der Waals surface area contributed by atoms with Gasteiger partial charge in [0.15, 0.2) is 0 Å². The Kier molecular flexibility index (Phi) is 7.48. The van der Waals surface area contributed by atoms with Crippen molar-refractivity contribution in [3.8, 4) is 0 Å². The van der Waals surface area contributed by atoms with E-state index in [2.05, 4.69) is 24.1 Å². The molecule has 1 aliphatic rings. The van der Waals surface area contributed by atoms with Crippen LogP contribution in [-0.2, 0) is 14.3 Å². The van der Waals surface area contributed by atoms with Crippen molar-refractivity contribution in [2.24, 2.45) is 0 Å². The molecule has 0 aromatic heterocycles. The molecule has 0 radical (unpaired) electrons. The predicted molar refractivity (Wildman–Crippen MR) is 79.8 cm³/mol. The zero-order chi connectivity index (χ0) is 15.0. The van der Waals surface area contributed by atoms with Crippen molar-refractivity contribution < 1.29 is 14.3 Å². The topological polar surface area (TPSA) is 50.8 Å². The van der Waals surface area contributed by atoms with Gasteiger partial charge in [-0.2, -0.15) is 0 Å². The maximum absolute atomic E-state index is 12.2. The van der Waals surface area contributed by atoms with Crippen molar-refractivity contribution in [2.45, 2.75) is 51.2 Å². The number of nitrogens with one attached hydrogen (secondary N) is 1. The highest BCUT2D eigenvalue weighted by Gasteiger charge is 2.42. The molecule has 0 atom stereocenters. The Hall–Kier alpha value is -0.650. The maximum atomic E-state index is 12.2. The quantitative estimate of drug-likeness (QED) is 0.684. The molecule has 0 aliphatic heterocycles. The highest BCUT2D eigenvalue weighted by molar-refractivity contribution is 5.80. The summed E-state index contributed by atoms with van der Waals surface area (Å²) in [6, 6.07) is 0. The van der Waals surface area contributed by atoms with Crippen molar-refractivity contribution in [2.75, 3.05) is 40.4 Å². The average molecular weight is 286 g/mol. The molecule has 0 unspecified atom stereocenters. The Morgan fingerprint density at radius 1 is 1.25 bits per heavy atom. The average Bonchev–Trinajstić information content (AvgIpc) is 2.51. The maximum Gasteiger partial charge on any atom is 0.326 e. The molecule has 0 amide bonds. The fourth-order valence-electron chi connectivity index (χ4n) is 2.96. The van der Waals surface area contributed by atoms with E-state index in [0.29, 0.717) is 0 Å². The summed E-state index contributed by atoms with van der Waals surface area (Å²) in [5.41, 5.74) is -0.517. The molecular formula is C15H30N2O3. The van der Waals surface area contributed by atoms with Crippen LogP contribution < -0.4 is 5.32 Å². The van der Waals surface area contributed by atoms with Gasteiger partial charge in [-0.05, 0) is 38.8 Å². The summed E-state index contributed by atoms with van der Waals surface area (Å²) in [7, 11) is 3.21. The lowest BCUT2D eigenvalue weighted by Gasteiger charge is -2.38. The van der Waals surface area contributed by atoms with Crippen LogP contribution in [0.3, 0.4) is 0 Å². The zero-order valence-electron chi connectivity index (χ0n) is 13.4. The number of carbonyl (C=O) groups is 1. The molecule has 0 bridgehead atoms. The minimum absolute atomic E-state index is 0.133. The van der Waals surface area contributed by atoms with Gasteiger partial charge in [0.25, 0.3) is 0 Å². The van der Waals surface area contributed by atoms with Gasteiger partial charge < -0.3 is 19.7 Å². The van der Waals surface area contributed by atoms with Gasteiger partial charge in [-0.25, -0.2) is 0 Å². The number of ether oxygens (including phenoxy) is 2. The van der Waals surface area contributed by atoms with Crippen LogP contribution in [0.5, 0.6) is 0 Å². The summed E-state index contributed by atoms with van der Waals surface area (Å²) in [5.74, 6) is -0.133. The zero-order valence-corrected chi connectivity index (χ0v) is 13.4. The van der Waals surface area contributed by atoms with Gasteiger partial charge in [0.05, 0.1) is 13.2 Å². The molecule has 1 aliphatic carbocycles. The number of carbonyl (C=O) groups excluding carboxylic acids is 1. The molecule has 1 saturated carbocycles. The van der Waals surface area contributed by atoms with Crippen molar-refractivity contribution in [1.82, 2.24) is 10.2 Å². The van der Waals surface area contributed by atoms with Crippen LogP contribution in [0.25, 0.3) is 0 Å². The first kappa shape index (κ1) is 17.4. The number of rotatable bonds is 8. The molecule has 1 rings (SSSR count).